The fraction of sp³-hybridized carbons (Fsp3) is 0.769. The van der Waals surface area contributed by atoms with Crippen LogP contribution in [-0.2, 0) is 14.3 Å². The summed E-state index contributed by atoms with van der Waals surface area (Å²) in [5.74, 6) is -0.562. The highest BCUT2D eigenvalue weighted by atomic mass is 32.2. The number of amides is 2. The first-order valence-electron chi connectivity index (χ1n) is 6.98. The normalized spacial score (nSPS) is 19.4. The highest BCUT2D eigenvalue weighted by Crippen LogP contribution is 2.24. The number of carbonyl (C=O) groups is 3. The van der Waals surface area contributed by atoms with Gasteiger partial charge in [-0.15, -0.1) is 0 Å². The molecule has 8 heteroatoms. The number of carboxylic acids is 1. The Labute approximate surface area is 128 Å². The molecule has 0 radical (unpaired) electrons. The van der Waals surface area contributed by atoms with Gasteiger partial charge in [-0.1, -0.05) is 6.42 Å². The van der Waals surface area contributed by atoms with Gasteiger partial charge in [-0.3, -0.25) is 4.79 Å². The van der Waals surface area contributed by atoms with Crippen molar-refractivity contribution in [1.29, 1.82) is 0 Å². The fourth-order valence-electron chi connectivity index (χ4n) is 2.01. The Kier molecular flexibility index (Phi) is 7.96. The third-order valence-electron chi connectivity index (χ3n) is 3.23. The van der Waals surface area contributed by atoms with Crippen molar-refractivity contribution in [2.24, 2.45) is 0 Å². The van der Waals surface area contributed by atoms with Crippen LogP contribution in [0.25, 0.3) is 0 Å². The molecule has 1 rings (SSSR count). The summed E-state index contributed by atoms with van der Waals surface area (Å²) in [7, 11) is 1.24. The molecule has 1 heterocycles. The number of nitrogens with one attached hydrogen (secondary N) is 2. The first-order chi connectivity index (χ1) is 10.0. The Hall–Kier alpha value is -1.44. The fourth-order valence-corrected chi connectivity index (χ4v) is 3.24. The van der Waals surface area contributed by atoms with E-state index in [1.54, 1.807) is 0 Å². The average Bonchev–Trinajstić information content (AvgIpc) is 2.49. The number of carbonyl (C=O) groups excluding carboxylic acids is 2. The molecule has 2 atom stereocenters. The van der Waals surface area contributed by atoms with Crippen molar-refractivity contribution in [1.82, 2.24) is 10.6 Å². The van der Waals surface area contributed by atoms with E-state index < -0.39 is 24.0 Å². The molecule has 21 heavy (non-hydrogen) atoms. The standard InChI is InChI=1S/C13H22N2O5S/c1-20-11(16)6-5-10(12(17)18)15-13(19)14-8-9-4-2-3-7-21-9/h9-10H,2-8H2,1H3,(H,17,18)(H2,14,15,19)/t9?,10-/m0/s1. The number of aliphatic carboxylic acids is 1. The van der Waals surface area contributed by atoms with Crippen molar-refractivity contribution < 1.29 is 24.2 Å². The third kappa shape index (κ3) is 7.22. The molecule has 7 nitrogen and oxygen atoms in total. The van der Waals surface area contributed by atoms with E-state index in [1.165, 1.54) is 13.5 Å². The van der Waals surface area contributed by atoms with Crippen LogP contribution in [-0.4, -0.2) is 53.8 Å². The zero-order valence-electron chi connectivity index (χ0n) is 12.1. The Morgan fingerprint density at radius 1 is 1.38 bits per heavy atom. The van der Waals surface area contributed by atoms with E-state index >= 15 is 0 Å². The van der Waals surface area contributed by atoms with Gasteiger partial charge in [-0.25, -0.2) is 9.59 Å². The third-order valence-corrected chi connectivity index (χ3v) is 4.63. The van der Waals surface area contributed by atoms with E-state index in [-0.39, 0.29) is 12.8 Å². The molecule has 120 valence electrons. The number of ether oxygens (including phenoxy) is 1. The van der Waals surface area contributed by atoms with E-state index in [9.17, 15) is 14.4 Å². The van der Waals surface area contributed by atoms with Crippen molar-refractivity contribution in [3.63, 3.8) is 0 Å². The van der Waals surface area contributed by atoms with Crippen molar-refractivity contribution >= 4 is 29.7 Å². The highest BCUT2D eigenvalue weighted by molar-refractivity contribution is 7.99. The first kappa shape index (κ1) is 17.6. The van der Waals surface area contributed by atoms with Crippen LogP contribution in [0.3, 0.4) is 0 Å². The van der Waals surface area contributed by atoms with Crippen LogP contribution >= 0.6 is 11.8 Å². The van der Waals surface area contributed by atoms with Crippen LogP contribution < -0.4 is 10.6 Å². The van der Waals surface area contributed by atoms with Gasteiger partial charge in [0.15, 0.2) is 0 Å². The molecule has 1 aliphatic rings. The summed E-state index contributed by atoms with van der Waals surface area (Å²) in [5, 5.41) is 14.5. The number of esters is 1. The summed E-state index contributed by atoms with van der Waals surface area (Å²) in [5.41, 5.74) is 0. The molecule has 1 saturated heterocycles. The van der Waals surface area contributed by atoms with Crippen LogP contribution in [0.1, 0.15) is 32.1 Å². The maximum atomic E-state index is 11.7. The molecule has 0 bridgehead atoms. The van der Waals surface area contributed by atoms with Gasteiger partial charge < -0.3 is 20.5 Å². The second-order valence-electron chi connectivity index (χ2n) is 4.85. The summed E-state index contributed by atoms with van der Waals surface area (Å²) in [4.78, 5) is 33.8. The smallest absolute Gasteiger partial charge is 0.326 e. The minimum Gasteiger partial charge on any atom is -0.480 e. The predicted molar refractivity (Wildman–Crippen MR) is 79.3 cm³/mol. The summed E-state index contributed by atoms with van der Waals surface area (Å²) < 4.78 is 4.45. The largest absolute Gasteiger partial charge is 0.480 e. The summed E-state index contributed by atoms with van der Waals surface area (Å²) >= 11 is 1.83. The summed E-state index contributed by atoms with van der Waals surface area (Å²) in [6.07, 6.45) is 3.40. The topological polar surface area (TPSA) is 105 Å². The predicted octanol–water partition coefficient (Wildman–Crippen LogP) is 0.978. The van der Waals surface area contributed by atoms with Gasteiger partial charge in [0.05, 0.1) is 7.11 Å². The second-order valence-corrected chi connectivity index (χ2v) is 6.26. The summed E-state index contributed by atoms with van der Waals surface area (Å²) in [6, 6.07) is -1.61. The Morgan fingerprint density at radius 2 is 2.14 bits per heavy atom. The van der Waals surface area contributed by atoms with Crippen molar-refractivity contribution in [3.05, 3.63) is 0 Å². The number of hydrogen-bond acceptors (Lipinski definition) is 5. The molecule has 0 aromatic rings. The highest BCUT2D eigenvalue weighted by Gasteiger charge is 2.22. The van der Waals surface area contributed by atoms with E-state index in [2.05, 4.69) is 15.4 Å². The van der Waals surface area contributed by atoms with Crippen LogP contribution in [0.2, 0.25) is 0 Å². The van der Waals surface area contributed by atoms with Crippen LogP contribution in [0.15, 0.2) is 0 Å². The lowest BCUT2D eigenvalue weighted by atomic mass is 10.1. The Bertz CT molecular complexity index is 372. The van der Waals surface area contributed by atoms with Crippen LogP contribution in [0.5, 0.6) is 0 Å². The van der Waals surface area contributed by atoms with E-state index in [0.717, 1.165) is 18.6 Å². The van der Waals surface area contributed by atoms with Gasteiger partial charge in [0.1, 0.15) is 6.04 Å². The number of rotatable bonds is 7. The number of urea groups is 1. The van der Waals surface area contributed by atoms with Crippen LogP contribution in [0.4, 0.5) is 4.79 Å². The first-order valence-corrected chi connectivity index (χ1v) is 8.03. The molecule has 0 aliphatic carbocycles. The van der Waals surface area contributed by atoms with E-state index in [1.807, 2.05) is 11.8 Å². The molecule has 0 aromatic carbocycles. The molecule has 3 N–H and O–H groups in total. The number of thioether (sulfide) groups is 1. The van der Waals surface area contributed by atoms with E-state index in [0.29, 0.717) is 11.8 Å². The lowest BCUT2D eigenvalue weighted by Gasteiger charge is -2.22. The van der Waals surface area contributed by atoms with Gasteiger partial charge in [-0.05, 0) is 25.0 Å². The molecular formula is C13H22N2O5S. The lowest BCUT2D eigenvalue weighted by Crippen LogP contribution is -2.47. The number of carboxylic acid groups (broad SMARTS) is 1. The minimum atomic E-state index is -1.17. The molecule has 1 fully saturated rings. The summed E-state index contributed by atoms with van der Waals surface area (Å²) in [6.45, 7) is 0.528. The monoisotopic (exact) mass is 318 g/mol. The Balaban J connectivity index is 2.30. The maximum absolute atomic E-state index is 11.7. The van der Waals surface area contributed by atoms with Crippen molar-refractivity contribution in [2.75, 3.05) is 19.4 Å². The zero-order chi connectivity index (χ0) is 15.7. The molecule has 0 saturated carbocycles. The molecule has 0 spiro atoms. The average molecular weight is 318 g/mol. The Morgan fingerprint density at radius 3 is 2.71 bits per heavy atom. The van der Waals surface area contributed by atoms with Gasteiger partial charge in [0, 0.05) is 18.2 Å². The van der Waals surface area contributed by atoms with Crippen molar-refractivity contribution in [3.8, 4) is 0 Å². The van der Waals surface area contributed by atoms with E-state index in [4.69, 9.17) is 5.11 Å². The van der Waals surface area contributed by atoms with Crippen LogP contribution in [0, 0.1) is 0 Å². The van der Waals surface area contributed by atoms with Crippen molar-refractivity contribution in [2.45, 2.75) is 43.4 Å². The number of hydrogen-bond donors (Lipinski definition) is 3. The lowest BCUT2D eigenvalue weighted by molar-refractivity contribution is -0.142. The SMILES string of the molecule is COC(=O)CC[C@H](NC(=O)NCC1CCCCS1)C(=O)O. The molecule has 0 aromatic heterocycles. The minimum absolute atomic E-state index is 0.00754. The van der Waals surface area contributed by atoms with Gasteiger partial charge in [-0.2, -0.15) is 11.8 Å². The van der Waals surface area contributed by atoms with Gasteiger partial charge in [0.25, 0.3) is 0 Å². The molecule has 2 amide bonds. The van der Waals surface area contributed by atoms with Gasteiger partial charge >= 0.3 is 18.0 Å². The molecule has 1 unspecified atom stereocenters. The quantitative estimate of drug-likeness (QED) is 0.604. The molecule has 1 aliphatic heterocycles. The second kappa shape index (κ2) is 9.49. The molecular weight excluding hydrogens is 296 g/mol. The maximum Gasteiger partial charge on any atom is 0.326 e. The zero-order valence-corrected chi connectivity index (χ0v) is 12.9. The number of methoxy groups -OCH3 is 1. The van der Waals surface area contributed by atoms with Gasteiger partial charge in [0.2, 0.25) is 0 Å².